The van der Waals surface area contributed by atoms with Crippen LogP contribution in [0, 0.1) is 5.92 Å². The van der Waals surface area contributed by atoms with E-state index in [1.54, 1.807) is 0 Å². The van der Waals surface area contributed by atoms with E-state index in [2.05, 4.69) is 27.2 Å². The normalized spacial score (nSPS) is 18.6. The van der Waals surface area contributed by atoms with Crippen LogP contribution in [0.25, 0.3) is 0 Å². The molecule has 0 bridgehead atoms. The Morgan fingerprint density at radius 1 is 1.53 bits per heavy atom. The second kappa shape index (κ2) is 6.01. The molecule has 2 rings (SSSR count). The SMILES string of the molecule is CCCNc1nc(Cl)nc(N2CCC(C(N)=O)C2)n1. The summed E-state index contributed by atoms with van der Waals surface area (Å²) in [5, 5.41) is 3.21. The van der Waals surface area contributed by atoms with Crippen molar-refractivity contribution in [1.29, 1.82) is 0 Å². The fraction of sp³-hybridized carbons (Fsp3) is 0.636. The summed E-state index contributed by atoms with van der Waals surface area (Å²) >= 11 is 5.89. The number of carbonyl (C=O) groups excluding carboxylic acids is 1. The van der Waals surface area contributed by atoms with Gasteiger partial charge in [-0.05, 0) is 24.4 Å². The Balaban J connectivity index is 2.11. The van der Waals surface area contributed by atoms with Gasteiger partial charge >= 0.3 is 0 Å². The number of amides is 1. The van der Waals surface area contributed by atoms with Crippen LogP contribution in [0.15, 0.2) is 0 Å². The van der Waals surface area contributed by atoms with Crippen LogP contribution in [-0.2, 0) is 4.79 Å². The molecular weight excluding hydrogens is 268 g/mol. The number of hydrogen-bond donors (Lipinski definition) is 2. The standard InChI is InChI=1S/C11H17ClN6O/c1-2-4-14-10-15-9(12)16-11(17-10)18-5-3-7(6-18)8(13)19/h7H,2-6H2,1H3,(H2,13,19)(H,14,15,16,17). The Labute approximate surface area is 116 Å². The molecule has 3 N–H and O–H groups in total. The van der Waals surface area contributed by atoms with Crippen LogP contribution in [0.1, 0.15) is 19.8 Å². The van der Waals surface area contributed by atoms with Gasteiger partial charge in [0.05, 0.1) is 5.92 Å². The third kappa shape index (κ3) is 3.44. The smallest absolute Gasteiger partial charge is 0.231 e. The van der Waals surface area contributed by atoms with Crippen LogP contribution >= 0.6 is 11.6 Å². The molecule has 7 nitrogen and oxygen atoms in total. The molecular formula is C11H17ClN6O. The topological polar surface area (TPSA) is 97.0 Å². The number of hydrogen-bond acceptors (Lipinski definition) is 6. The zero-order chi connectivity index (χ0) is 13.8. The number of nitrogens with two attached hydrogens (primary N) is 1. The lowest BCUT2D eigenvalue weighted by Gasteiger charge is -2.16. The van der Waals surface area contributed by atoms with E-state index in [4.69, 9.17) is 17.3 Å². The lowest BCUT2D eigenvalue weighted by atomic mass is 10.1. The van der Waals surface area contributed by atoms with Crippen LogP contribution in [0.2, 0.25) is 5.28 Å². The first-order valence-corrected chi connectivity index (χ1v) is 6.67. The Hall–Kier alpha value is -1.63. The van der Waals surface area contributed by atoms with Gasteiger partial charge in [0, 0.05) is 19.6 Å². The minimum absolute atomic E-state index is 0.145. The first-order chi connectivity index (χ1) is 9.10. The largest absolute Gasteiger partial charge is 0.369 e. The van der Waals surface area contributed by atoms with Crippen LogP contribution in [0.4, 0.5) is 11.9 Å². The summed E-state index contributed by atoms with van der Waals surface area (Å²) in [7, 11) is 0. The van der Waals surface area contributed by atoms with Crippen molar-refractivity contribution in [2.75, 3.05) is 29.9 Å². The summed E-state index contributed by atoms with van der Waals surface area (Å²) in [6, 6.07) is 0. The molecule has 0 aromatic carbocycles. The molecule has 1 fully saturated rings. The Bertz CT molecular complexity index is 468. The van der Waals surface area contributed by atoms with Gasteiger partial charge in [0.1, 0.15) is 0 Å². The van der Waals surface area contributed by atoms with E-state index < -0.39 is 0 Å². The Kier molecular flexibility index (Phi) is 4.36. The molecule has 1 aliphatic heterocycles. The van der Waals surface area contributed by atoms with Crippen LogP contribution in [0.3, 0.4) is 0 Å². The number of halogens is 1. The fourth-order valence-electron chi connectivity index (χ4n) is 1.97. The van der Waals surface area contributed by atoms with Gasteiger partial charge in [-0.1, -0.05) is 6.92 Å². The van der Waals surface area contributed by atoms with Gasteiger partial charge in [-0.2, -0.15) is 15.0 Å². The summed E-state index contributed by atoms with van der Waals surface area (Å²) < 4.78 is 0. The zero-order valence-corrected chi connectivity index (χ0v) is 11.5. The number of rotatable bonds is 5. The van der Waals surface area contributed by atoms with Crippen LogP contribution in [-0.4, -0.2) is 40.5 Å². The minimum Gasteiger partial charge on any atom is -0.369 e. The van der Waals surface area contributed by atoms with Crippen LogP contribution < -0.4 is 16.0 Å². The first-order valence-electron chi connectivity index (χ1n) is 6.30. The van der Waals surface area contributed by atoms with Crippen molar-refractivity contribution in [2.24, 2.45) is 11.7 Å². The molecule has 0 spiro atoms. The molecule has 104 valence electrons. The van der Waals surface area contributed by atoms with Crippen molar-refractivity contribution in [3.63, 3.8) is 0 Å². The summed E-state index contributed by atoms with van der Waals surface area (Å²) in [5.41, 5.74) is 5.31. The average molecular weight is 285 g/mol. The number of anilines is 2. The van der Waals surface area contributed by atoms with Gasteiger partial charge in [-0.25, -0.2) is 0 Å². The predicted octanol–water partition coefficient (Wildman–Crippen LogP) is 0.658. The summed E-state index contributed by atoms with van der Waals surface area (Å²) in [4.78, 5) is 25.5. The maximum atomic E-state index is 11.2. The van der Waals surface area contributed by atoms with Crippen molar-refractivity contribution in [3.05, 3.63) is 5.28 Å². The van der Waals surface area contributed by atoms with E-state index in [0.717, 1.165) is 19.4 Å². The molecule has 1 saturated heterocycles. The minimum atomic E-state index is -0.285. The Morgan fingerprint density at radius 3 is 2.95 bits per heavy atom. The number of primary amides is 1. The number of nitrogens with one attached hydrogen (secondary N) is 1. The molecule has 1 atom stereocenters. The predicted molar refractivity (Wildman–Crippen MR) is 73.1 cm³/mol. The quantitative estimate of drug-likeness (QED) is 0.824. The van der Waals surface area contributed by atoms with Crippen molar-refractivity contribution in [1.82, 2.24) is 15.0 Å². The molecule has 1 aromatic rings. The molecule has 0 saturated carbocycles. The molecule has 1 aliphatic rings. The fourth-order valence-corrected chi connectivity index (χ4v) is 2.13. The average Bonchev–Trinajstić information content (AvgIpc) is 2.85. The highest BCUT2D eigenvalue weighted by atomic mass is 35.5. The zero-order valence-electron chi connectivity index (χ0n) is 10.8. The maximum Gasteiger partial charge on any atom is 0.231 e. The van der Waals surface area contributed by atoms with Crippen molar-refractivity contribution >= 4 is 29.4 Å². The summed E-state index contributed by atoms with van der Waals surface area (Å²) in [6.45, 7) is 4.04. The Morgan fingerprint density at radius 2 is 2.32 bits per heavy atom. The summed E-state index contributed by atoms with van der Waals surface area (Å²) in [5.74, 6) is 0.510. The van der Waals surface area contributed by atoms with E-state index in [1.807, 2.05) is 4.90 Å². The van der Waals surface area contributed by atoms with Gasteiger partial charge in [-0.15, -0.1) is 0 Å². The van der Waals surface area contributed by atoms with E-state index >= 15 is 0 Å². The van der Waals surface area contributed by atoms with Crippen molar-refractivity contribution in [2.45, 2.75) is 19.8 Å². The number of carbonyl (C=O) groups is 1. The molecule has 8 heteroatoms. The van der Waals surface area contributed by atoms with Gasteiger partial charge in [-0.3, -0.25) is 4.79 Å². The first kappa shape index (κ1) is 13.8. The second-order valence-corrected chi connectivity index (χ2v) is 4.83. The highest BCUT2D eigenvalue weighted by Crippen LogP contribution is 2.22. The molecule has 19 heavy (non-hydrogen) atoms. The highest BCUT2D eigenvalue weighted by molar-refractivity contribution is 6.28. The van der Waals surface area contributed by atoms with Gasteiger partial charge < -0.3 is 16.0 Å². The van der Waals surface area contributed by atoms with E-state index in [1.165, 1.54) is 0 Å². The molecule has 1 unspecified atom stereocenters. The maximum absolute atomic E-state index is 11.2. The van der Waals surface area contributed by atoms with Crippen molar-refractivity contribution in [3.8, 4) is 0 Å². The van der Waals surface area contributed by atoms with Gasteiger partial charge in [0.15, 0.2) is 0 Å². The lowest BCUT2D eigenvalue weighted by molar-refractivity contribution is -0.121. The van der Waals surface area contributed by atoms with E-state index in [-0.39, 0.29) is 17.1 Å². The molecule has 1 amide bonds. The molecule has 0 radical (unpaired) electrons. The lowest BCUT2D eigenvalue weighted by Crippen LogP contribution is -2.28. The molecule has 0 aliphatic carbocycles. The molecule has 2 heterocycles. The molecule has 1 aromatic heterocycles. The monoisotopic (exact) mass is 284 g/mol. The number of aromatic nitrogens is 3. The highest BCUT2D eigenvalue weighted by Gasteiger charge is 2.28. The van der Waals surface area contributed by atoms with Gasteiger partial charge in [0.25, 0.3) is 0 Å². The van der Waals surface area contributed by atoms with E-state index in [9.17, 15) is 4.79 Å². The van der Waals surface area contributed by atoms with Gasteiger partial charge in [0.2, 0.25) is 23.1 Å². The number of nitrogens with zero attached hydrogens (tertiary/aromatic N) is 4. The van der Waals surface area contributed by atoms with Crippen molar-refractivity contribution < 1.29 is 4.79 Å². The van der Waals surface area contributed by atoms with Crippen LogP contribution in [0.5, 0.6) is 0 Å². The summed E-state index contributed by atoms with van der Waals surface area (Å²) in [6.07, 6.45) is 1.68. The third-order valence-corrected chi connectivity index (χ3v) is 3.17. The van der Waals surface area contributed by atoms with E-state index in [0.29, 0.717) is 25.0 Å². The third-order valence-electron chi connectivity index (χ3n) is 3.00. The second-order valence-electron chi connectivity index (χ2n) is 4.49.